The van der Waals surface area contributed by atoms with Crippen LogP contribution in [0.2, 0.25) is 5.02 Å². The predicted octanol–water partition coefficient (Wildman–Crippen LogP) is 4.99. The van der Waals surface area contributed by atoms with Gasteiger partial charge >= 0.3 is 0 Å². The molecule has 2 aromatic rings. The highest BCUT2D eigenvalue weighted by Crippen LogP contribution is 2.37. The summed E-state index contributed by atoms with van der Waals surface area (Å²) in [6.45, 7) is 0. The molecule has 1 heterocycles. The Hall–Kier alpha value is -1.32. The molecule has 110 valence electrons. The third-order valence-electron chi connectivity index (χ3n) is 4.24. The number of hydrogen-bond acceptors (Lipinski definition) is 2. The monoisotopic (exact) mass is 319 g/mol. The van der Waals surface area contributed by atoms with Crippen LogP contribution in [0.15, 0.2) is 41.1 Å². The van der Waals surface area contributed by atoms with Crippen molar-refractivity contribution in [3.63, 3.8) is 0 Å². The van der Waals surface area contributed by atoms with Gasteiger partial charge in [-0.3, -0.25) is 4.79 Å². The molecule has 1 aliphatic rings. The summed E-state index contributed by atoms with van der Waals surface area (Å²) in [7, 11) is 0. The van der Waals surface area contributed by atoms with E-state index in [2.05, 4.69) is 5.32 Å². The Labute approximate surface area is 134 Å². The molecule has 0 bridgehead atoms. The minimum atomic E-state index is -0.248. The SMILES string of the molecule is O=C(NC1(c2ccc(Cl)cc2)CCCCC1)c1ccsc1. The zero-order valence-corrected chi connectivity index (χ0v) is 13.3. The van der Waals surface area contributed by atoms with Gasteiger partial charge in [-0.25, -0.2) is 0 Å². The van der Waals surface area contributed by atoms with Crippen LogP contribution in [0.4, 0.5) is 0 Å². The van der Waals surface area contributed by atoms with E-state index in [1.807, 2.05) is 41.1 Å². The molecular formula is C17H18ClNOS. The topological polar surface area (TPSA) is 29.1 Å². The molecule has 0 saturated heterocycles. The molecule has 0 spiro atoms. The van der Waals surface area contributed by atoms with E-state index in [0.717, 1.165) is 41.8 Å². The predicted molar refractivity (Wildman–Crippen MR) is 88.0 cm³/mol. The van der Waals surface area contributed by atoms with Gasteiger partial charge in [-0.2, -0.15) is 11.3 Å². The molecule has 21 heavy (non-hydrogen) atoms. The molecule has 1 aliphatic carbocycles. The number of amides is 1. The smallest absolute Gasteiger partial charge is 0.252 e. The largest absolute Gasteiger partial charge is 0.342 e. The van der Waals surface area contributed by atoms with E-state index in [-0.39, 0.29) is 11.4 Å². The van der Waals surface area contributed by atoms with Crippen molar-refractivity contribution >= 4 is 28.8 Å². The van der Waals surface area contributed by atoms with Gasteiger partial charge in [0.2, 0.25) is 0 Å². The van der Waals surface area contributed by atoms with E-state index in [0.29, 0.717) is 0 Å². The Bertz CT molecular complexity index is 600. The lowest BCUT2D eigenvalue weighted by molar-refractivity contribution is 0.0866. The van der Waals surface area contributed by atoms with Crippen LogP contribution in [-0.2, 0) is 5.54 Å². The lowest BCUT2D eigenvalue weighted by Gasteiger charge is -2.38. The van der Waals surface area contributed by atoms with E-state index >= 15 is 0 Å². The van der Waals surface area contributed by atoms with E-state index < -0.39 is 0 Å². The lowest BCUT2D eigenvalue weighted by atomic mass is 9.76. The summed E-state index contributed by atoms with van der Waals surface area (Å²) in [5.41, 5.74) is 1.66. The van der Waals surface area contributed by atoms with Gasteiger partial charge in [0.05, 0.1) is 11.1 Å². The van der Waals surface area contributed by atoms with Crippen molar-refractivity contribution in [1.29, 1.82) is 0 Å². The van der Waals surface area contributed by atoms with Gasteiger partial charge in [0, 0.05) is 10.4 Å². The summed E-state index contributed by atoms with van der Waals surface area (Å²) >= 11 is 7.55. The number of halogens is 1. The Balaban J connectivity index is 1.89. The molecule has 2 nitrogen and oxygen atoms in total. The first-order valence-corrected chi connectivity index (χ1v) is 8.62. The van der Waals surface area contributed by atoms with Gasteiger partial charge < -0.3 is 5.32 Å². The van der Waals surface area contributed by atoms with Crippen molar-refractivity contribution < 1.29 is 4.79 Å². The first-order valence-electron chi connectivity index (χ1n) is 7.30. The Morgan fingerprint density at radius 3 is 2.43 bits per heavy atom. The first kappa shape index (κ1) is 14.6. The Morgan fingerprint density at radius 1 is 1.10 bits per heavy atom. The molecule has 0 aliphatic heterocycles. The van der Waals surface area contributed by atoms with Crippen LogP contribution in [0.1, 0.15) is 48.0 Å². The van der Waals surface area contributed by atoms with Crippen LogP contribution in [0.5, 0.6) is 0 Å². The maximum absolute atomic E-state index is 12.5. The summed E-state index contributed by atoms with van der Waals surface area (Å²) in [5.74, 6) is 0.0214. The summed E-state index contributed by atoms with van der Waals surface area (Å²) in [6, 6.07) is 9.77. The highest BCUT2D eigenvalue weighted by Gasteiger charge is 2.35. The van der Waals surface area contributed by atoms with Gasteiger partial charge in [0.15, 0.2) is 0 Å². The number of hydrogen-bond donors (Lipinski definition) is 1. The molecule has 1 aromatic carbocycles. The van der Waals surface area contributed by atoms with Crippen LogP contribution >= 0.6 is 22.9 Å². The molecule has 4 heteroatoms. The number of carbonyl (C=O) groups is 1. The van der Waals surface area contributed by atoms with Crippen LogP contribution in [0, 0.1) is 0 Å². The maximum Gasteiger partial charge on any atom is 0.252 e. The van der Waals surface area contributed by atoms with Crippen molar-refractivity contribution in [2.75, 3.05) is 0 Å². The first-order chi connectivity index (χ1) is 10.2. The Morgan fingerprint density at radius 2 is 1.81 bits per heavy atom. The normalized spacial score (nSPS) is 17.4. The lowest BCUT2D eigenvalue weighted by Crippen LogP contribution is -2.47. The van der Waals surface area contributed by atoms with Gasteiger partial charge in [0.25, 0.3) is 5.91 Å². The van der Waals surface area contributed by atoms with Crippen molar-refractivity contribution in [3.8, 4) is 0 Å². The van der Waals surface area contributed by atoms with Gasteiger partial charge in [-0.1, -0.05) is 43.0 Å². The van der Waals surface area contributed by atoms with Crippen molar-refractivity contribution in [1.82, 2.24) is 5.32 Å². The molecule has 0 radical (unpaired) electrons. The highest BCUT2D eigenvalue weighted by molar-refractivity contribution is 7.08. The number of carbonyl (C=O) groups excluding carboxylic acids is 1. The summed E-state index contributed by atoms with van der Waals surface area (Å²) < 4.78 is 0. The molecular weight excluding hydrogens is 302 g/mol. The fraction of sp³-hybridized carbons (Fsp3) is 0.353. The van der Waals surface area contributed by atoms with Gasteiger partial charge in [-0.05, 0) is 42.0 Å². The molecule has 1 aromatic heterocycles. The maximum atomic E-state index is 12.5. The molecule has 1 fully saturated rings. The van der Waals surface area contributed by atoms with Gasteiger partial charge in [0.1, 0.15) is 0 Å². The summed E-state index contributed by atoms with van der Waals surface area (Å²) in [5, 5.41) is 7.86. The van der Waals surface area contributed by atoms with E-state index in [1.54, 1.807) is 11.3 Å². The van der Waals surface area contributed by atoms with Crippen molar-refractivity contribution in [2.45, 2.75) is 37.6 Å². The molecule has 0 atom stereocenters. The van der Waals surface area contributed by atoms with E-state index in [1.165, 1.54) is 6.42 Å². The standard InChI is InChI=1S/C17H18ClNOS/c18-15-6-4-14(5-7-15)17(9-2-1-3-10-17)19-16(20)13-8-11-21-12-13/h4-8,11-12H,1-3,9-10H2,(H,19,20). The Kier molecular flexibility index (Phi) is 4.32. The minimum Gasteiger partial charge on any atom is -0.342 e. The zero-order chi connectivity index (χ0) is 14.7. The fourth-order valence-corrected chi connectivity index (χ4v) is 3.86. The average molecular weight is 320 g/mol. The second-order valence-electron chi connectivity index (χ2n) is 5.62. The third kappa shape index (κ3) is 3.14. The molecule has 1 amide bonds. The second kappa shape index (κ2) is 6.20. The summed E-state index contributed by atoms with van der Waals surface area (Å²) in [6.07, 6.45) is 5.51. The minimum absolute atomic E-state index is 0.0214. The highest BCUT2D eigenvalue weighted by atomic mass is 35.5. The van der Waals surface area contributed by atoms with Crippen LogP contribution < -0.4 is 5.32 Å². The molecule has 3 rings (SSSR count). The molecule has 1 N–H and O–H groups in total. The van der Waals surface area contributed by atoms with Crippen LogP contribution in [0.25, 0.3) is 0 Å². The fourth-order valence-electron chi connectivity index (χ4n) is 3.09. The van der Waals surface area contributed by atoms with E-state index in [9.17, 15) is 4.79 Å². The quantitative estimate of drug-likeness (QED) is 0.848. The molecule has 1 saturated carbocycles. The number of benzene rings is 1. The second-order valence-corrected chi connectivity index (χ2v) is 6.83. The molecule has 0 unspecified atom stereocenters. The number of nitrogens with one attached hydrogen (secondary N) is 1. The van der Waals surface area contributed by atoms with Gasteiger partial charge in [-0.15, -0.1) is 0 Å². The number of thiophene rings is 1. The average Bonchev–Trinajstić information content (AvgIpc) is 3.03. The van der Waals surface area contributed by atoms with Crippen LogP contribution in [0.3, 0.4) is 0 Å². The number of rotatable bonds is 3. The van der Waals surface area contributed by atoms with Crippen molar-refractivity contribution in [3.05, 3.63) is 57.2 Å². The zero-order valence-electron chi connectivity index (χ0n) is 11.8. The van der Waals surface area contributed by atoms with Crippen molar-refractivity contribution in [2.24, 2.45) is 0 Å². The third-order valence-corrected chi connectivity index (χ3v) is 5.18. The van der Waals surface area contributed by atoms with E-state index in [4.69, 9.17) is 11.6 Å². The summed E-state index contributed by atoms with van der Waals surface area (Å²) in [4.78, 5) is 12.5. The van der Waals surface area contributed by atoms with Crippen LogP contribution in [-0.4, -0.2) is 5.91 Å².